The molecule has 0 radical (unpaired) electrons. The summed E-state index contributed by atoms with van der Waals surface area (Å²) in [5.41, 5.74) is 11.5. The van der Waals surface area contributed by atoms with Gasteiger partial charge in [-0.25, -0.2) is 0 Å². The monoisotopic (exact) mass is 426 g/mol. The Kier molecular flexibility index (Phi) is 18.1. The number of hydrogen-bond donors (Lipinski definition) is 4. The van der Waals surface area contributed by atoms with E-state index in [0.717, 1.165) is 51.7 Å². The van der Waals surface area contributed by atoms with Crippen LogP contribution >= 0.6 is 0 Å². The highest BCUT2D eigenvalue weighted by Crippen LogP contribution is 2.17. The summed E-state index contributed by atoms with van der Waals surface area (Å²) in [6.45, 7) is 9.72. The highest BCUT2D eigenvalue weighted by atomic mass is 16.1. The molecule has 1 amide bonds. The van der Waals surface area contributed by atoms with Gasteiger partial charge in [-0.2, -0.15) is 0 Å². The van der Waals surface area contributed by atoms with Crippen molar-refractivity contribution >= 4 is 11.7 Å². The lowest BCUT2D eigenvalue weighted by molar-refractivity contribution is -0.123. The molecule has 0 aromatic heterocycles. The minimum atomic E-state index is -0.345. The molecule has 6 nitrogen and oxygen atoms in total. The lowest BCUT2D eigenvalue weighted by Crippen LogP contribution is -2.31. The normalized spacial score (nSPS) is 12.7. The van der Waals surface area contributed by atoms with Gasteiger partial charge in [0.1, 0.15) is 5.78 Å². The summed E-state index contributed by atoms with van der Waals surface area (Å²) in [6, 6.07) is -0.345. The average Bonchev–Trinajstić information content (AvgIpc) is 2.66. The Bertz CT molecular complexity index is 435. The molecular formula is C24H50N4O2. The van der Waals surface area contributed by atoms with E-state index in [1.807, 2.05) is 0 Å². The van der Waals surface area contributed by atoms with Gasteiger partial charge in [0.25, 0.3) is 0 Å². The van der Waals surface area contributed by atoms with E-state index in [2.05, 4.69) is 31.4 Å². The van der Waals surface area contributed by atoms with Crippen molar-refractivity contribution in [3.8, 4) is 0 Å². The number of hydrogen-bond acceptors (Lipinski definition) is 5. The summed E-state index contributed by atoms with van der Waals surface area (Å²) in [5.74, 6) is 0.289. The first-order chi connectivity index (χ1) is 14.3. The van der Waals surface area contributed by atoms with Crippen molar-refractivity contribution in [2.24, 2.45) is 16.9 Å². The molecule has 0 aliphatic carbocycles. The van der Waals surface area contributed by atoms with Crippen LogP contribution in [-0.4, -0.2) is 43.9 Å². The number of rotatable bonds is 20. The highest BCUT2D eigenvalue weighted by molar-refractivity contribution is 5.83. The van der Waals surface area contributed by atoms with Crippen LogP contribution in [0.25, 0.3) is 0 Å². The van der Waals surface area contributed by atoms with E-state index >= 15 is 0 Å². The van der Waals surface area contributed by atoms with Gasteiger partial charge in [-0.3, -0.25) is 9.59 Å². The number of unbranched alkanes of at least 4 members (excludes halogenated alkanes) is 7. The van der Waals surface area contributed by atoms with Gasteiger partial charge in [0, 0.05) is 19.4 Å². The highest BCUT2D eigenvalue weighted by Gasteiger charge is 2.15. The van der Waals surface area contributed by atoms with Crippen LogP contribution < -0.4 is 22.1 Å². The van der Waals surface area contributed by atoms with Crippen molar-refractivity contribution < 1.29 is 9.59 Å². The number of nitrogens with one attached hydrogen (secondary N) is 2. The second-order valence-corrected chi connectivity index (χ2v) is 9.77. The van der Waals surface area contributed by atoms with E-state index in [0.29, 0.717) is 25.8 Å². The van der Waals surface area contributed by atoms with Gasteiger partial charge in [-0.05, 0) is 63.6 Å². The third-order valence-corrected chi connectivity index (χ3v) is 5.20. The average molecular weight is 427 g/mol. The summed E-state index contributed by atoms with van der Waals surface area (Å²) in [4.78, 5) is 23.9. The van der Waals surface area contributed by atoms with E-state index in [-0.39, 0.29) is 23.1 Å². The van der Waals surface area contributed by atoms with E-state index < -0.39 is 0 Å². The molecule has 0 aliphatic heterocycles. The fraction of sp³-hybridized carbons (Fsp3) is 0.917. The molecule has 0 bridgehead atoms. The lowest BCUT2D eigenvalue weighted by Gasteiger charge is -2.17. The predicted molar refractivity (Wildman–Crippen MR) is 127 cm³/mol. The molecule has 0 aliphatic rings. The molecule has 0 aromatic rings. The molecule has 0 saturated heterocycles. The molecule has 6 heteroatoms. The van der Waals surface area contributed by atoms with E-state index in [4.69, 9.17) is 11.5 Å². The standard InChI is InChI=1S/C24H50N4O2/c1-24(2,3)20-23(30)28-19-12-10-14-21(26)22(29)15-9-7-5-4-6-8-11-17-27-18-13-16-25/h21,27H,4-20,25-26H2,1-3H3,(H,28,30)/t21-/m0/s1. The van der Waals surface area contributed by atoms with Gasteiger partial charge in [0.05, 0.1) is 6.04 Å². The minimum absolute atomic E-state index is 0.0146. The second-order valence-electron chi connectivity index (χ2n) is 9.77. The Morgan fingerprint density at radius 3 is 2.00 bits per heavy atom. The van der Waals surface area contributed by atoms with Crippen molar-refractivity contribution in [2.75, 3.05) is 26.2 Å². The largest absolute Gasteiger partial charge is 0.356 e. The molecule has 0 heterocycles. The van der Waals surface area contributed by atoms with Gasteiger partial charge >= 0.3 is 0 Å². The Morgan fingerprint density at radius 1 is 0.800 bits per heavy atom. The minimum Gasteiger partial charge on any atom is -0.356 e. The van der Waals surface area contributed by atoms with Gasteiger partial charge in [0.15, 0.2) is 0 Å². The first-order valence-electron chi connectivity index (χ1n) is 12.2. The van der Waals surface area contributed by atoms with Crippen molar-refractivity contribution in [2.45, 2.75) is 110 Å². The van der Waals surface area contributed by atoms with Gasteiger partial charge < -0.3 is 22.1 Å². The molecule has 178 valence electrons. The molecule has 0 spiro atoms. The third-order valence-electron chi connectivity index (χ3n) is 5.20. The van der Waals surface area contributed by atoms with Crippen molar-refractivity contribution in [1.82, 2.24) is 10.6 Å². The van der Waals surface area contributed by atoms with Crippen LogP contribution in [0.1, 0.15) is 104 Å². The van der Waals surface area contributed by atoms with Crippen molar-refractivity contribution in [1.29, 1.82) is 0 Å². The van der Waals surface area contributed by atoms with Crippen molar-refractivity contribution in [3.63, 3.8) is 0 Å². The first-order valence-corrected chi connectivity index (χ1v) is 12.2. The maximum atomic E-state index is 12.1. The summed E-state index contributed by atoms with van der Waals surface area (Å²) in [7, 11) is 0. The van der Waals surface area contributed by atoms with Gasteiger partial charge in [-0.15, -0.1) is 0 Å². The maximum Gasteiger partial charge on any atom is 0.220 e. The van der Waals surface area contributed by atoms with Gasteiger partial charge in [0.2, 0.25) is 5.91 Å². The molecule has 0 aromatic carbocycles. The predicted octanol–water partition coefficient (Wildman–Crippen LogP) is 3.66. The third kappa shape index (κ3) is 20.3. The van der Waals surface area contributed by atoms with Crippen molar-refractivity contribution in [3.05, 3.63) is 0 Å². The zero-order valence-electron chi connectivity index (χ0n) is 20.1. The molecule has 0 fully saturated rings. The van der Waals surface area contributed by atoms with Crippen LogP contribution in [0.4, 0.5) is 0 Å². The number of nitrogens with two attached hydrogens (primary N) is 2. The Hall–Kier alpha value is -0.980. The zero-order chi connectivity index (χ0) is 22.7. The van der Waals surface area contributed by atoms with E-state index in [1.54, 1.807) is 0 Å². The zero-order valence-corrected chi connectivity index (χ0v) is 20.1. The quantitative estimate of drug-likeness (QED) is 0.222. The number of ketones is 1. The van der Waals surface area contributed by atoms with E-state index in [1.165, 1.54) is 32.1 Å². The number of carbonyl (C=O) groups is 2. The lowest BCUT2D eigenvalue weighted by atomic mass is 9.92. The fourth-order valence-electron chi connectivity index (χ4n) is 3.39. The molecule has 0 unspecified atom stereocenters. The molecule has 0 saturated carbocycles. The van der Waals surface area contributed by atoms with Crippen LogP contribution in [0.3, 0.4) is 0 Å². The smallest absolute Gasteiger partial charge is 0.220 e. The summed E-state index contributed by atoms with van der Waals surface area (Å²) >= 11 is 0. The fourth-order valence-corrected chi connectivity index (χ4v) is 3.39. The Labute approximate surface area is 185 Å². The van der Waals surface area contributed by atoms with Crippen LogP contribution in [-0.2, 0) is 9.59 Å². The first kappa shape index (κ1) is 29.0. The molecule has 1 atom stereocenters. The van der Waals surface area contributed by atoms with E-state index in [9.17, 15) is 9.59 Å². The van der Waals surface area contributed by atoms with Crippen LogP contribution in [0.2, 0.25) is 0 Å². The molecule has 0 rings (SSSR count). The Morgan fingerprint density at radius 2 is 1.37 bits per heavy atom. The summed E-state index contributed by atoms with van der Waals surface area (Å²) < 4.78 is 0. The number of carbonyl (C=O) groups excluding carboxylic acids is 2. The van der Waals surface area contributed by atoms with Gasteiger partial charge in [-0.1, -0.05) is 52.9 Å². The SMILES string of the molecule is CC(C)(C)CC(=O)NCCCC[C@H](N)C(=O)CCCCCCCCCNCCCN. The van der Waals surface area contributed by atoms with Crippen LogP contribution in [0.15, 0.2) is 0 Å². The molecule has 30 heavy (non-hydrogen) atoms. The Balaban J connectivity index is 3.47. The van der Waals surface area contributed by atoms with Crippen LogP contribution in [0, 0.1) is 5.41 Å². The second kappa shape index (κ2) is 18.8. The molecule has 6 N–H and O–H groups in total. The summed E-state index contributed by atoms with van der Waals surface area (Å²) in [5, 5.41) is 6.35. The molecular weight excluding hydrogens is 376 g/mol. The topological polar surface area (TPSA) is 110 Å². The van der Waals surface area contributed by atoms with Crippen LogP contribution in [0.5, 0.6) is 0 Å². The number of amides is 1. The summed E-state index contributed by atoms with van der Waals surface area (Å²) in [6.07, 6.45) is 13.0. The maximum absolute atomic E-state index is 12.1. The number of Topliss-reactive ketones (excluding diaryl/α,β-unsaturated/α-hetero) is 1.